The molecule has 0 aromatic rings. The maximum absolute atomic E-state index is 10.6. The first-order valence-corrected chi connectivity index (χ1v) is 13.7. The number of rotatable bonds is 21. The number of methoxy groups -OCH3 is 2. The van der Waals surface area contributed by atoms with Crippen LogP contribution in [0, 0.1) is 11.8 Å². The molecule has 0 radical (unpaired) electrons. The number of carboxylic acids is 1. The lowest BCUT2D eigenvalue weighted by molar-refractivity contribution is -0.141. The standard InChI is InChI=1S/C18H36O2.C10H23NO2/c1-3-4-5-6-7-8-9-10-11-12-13-14-15-16-17(2)18(19)20;1-8(2)7-9(12-5)10(13-6)11(3)4/h17H,3-16H2,1-2H3,(H,19,20);8-10H,7H2,1-6H3. The van der Waals surface area contributed by atoms with E-state index in [-0.39, 0.29) is 18.2 Å². The highest BCUT2D eigenvalue weighted by Gasteiger charge is 2.23. The fraction of sp³-hybridized carbons (Fsp3) is 0.964. The lowest BCUT2D eigenvalue weighted by atomic mass is 10.0. The van der Waals surface area contributed by atoms with Gasteiger partial charge in [0.15, 0.2) is 0 Å². The summed E-state index contributed by atoms with van der Waals surface area (Å²) in [6, 6.07) is 0. The third-order valence-electron chi connectivity index (χ3n) is 6.24. The van der Waals surface area contributed by atoms with Crippen molar-refractivity contribution in [2.24, 2.45) is 11.8 Å². The molecule has 1 N–H and O–H groups in total. The average molecular weight is 474 g/mol. The summed E-state index contributed by atoms with van der Waals surface area (Å²) in [5, 5.41) is 8.77. The summed E-state index contributed by atoms with van der Waals surface area (Å²) in [5.41, 5.74) is 0. The van der Waals surface area contributed by atoms with Crippen LogP contribution in [-0.2, 0) is 14.3 Å². The van der Waals surface area contributed by atoms with Crippen molar-refractivity contribution in [3.63, 3.8) is 0 Å². The van der Waals surface area contributed by atoms with Gasteiger partial charge in [0.25, 0.3) is 0 Å². The van der Waals surface area contributed by atoms with Crippen LogP contribution in [0.15, 0.2) is 0 Å². The van der Waals surface area contributed by atoms with Gasteiger partial charge in [0.1, 0.15) is 6.23 Å². The third-order valence-corrected chi connectivity index (χ3v) is 6.24. The van der Waals surface area contributed by atoms with Crippen molar-refractivity contribution in [2.45, 2.75) is 136 Å². The van der Waals surface area contributed by atoms with Gasteiger partial charge in [-0.3, -0.25) is 9.69 Å². The smallest absolute Gasteiger partial charge is 0.306 e. The molecule has 0 amide bonds. The molecule has 0 saturated carbocycles. The first-order valence-electron chi connectivity index (χ1n) is 13.7. The second-order valence-electron chi connectivity index (χ2n) is 10.3. The van der Waals surface area contributed by atoms with Crippen LogP contribution in [0.25, 0.3) is 0 Å². The van der Waals surface area contributed by atoms with E-state index in [0.717, 1.165) is 19.3 Å². The van der Waals surface area contributed by atoms with Gasteiger partial charge in [-0.05, 0) is 32.9 Å². The number of nitrogens with zero attached hydrogens (tertiary/aromatic N) is 1. The molecule has 3 unspecified atom stereocenters. The van der Waals surface area contributed by atoms with Crippen LogP contribution in [0.1, 0.15) is 124 Å². The Hall–Kier alpha value is -0.650. The van der Waals surface area contributed by atoms with Gasteiger partial charge in [-0.25, -0.2) is 0 Å². The highest BCUT2D eigenvalue weighted by molar-refractivity contribution is 5.69. The predicted octanol–water partition coefficient (Wildman–Crippen LogP) is 7.77. The Balaban J connectivity index is 0. The first-order chi connectivity index (χ1) is 15.7. The van der Waals surface area contributed by atoms with E-state index in [1.165, 1.54) is 77.0 Å². The van der Waals surface area contributed by atoms with Crippen LogP contribution >= 0.6 is 0 Å². The van der Waals surface area contributed by atoms with Crippen LogP contribution in [0.5, 0.6) is 0 Å². The summed E-state index contributed by atoms with van der Waals surface area (Å²) in [6.07, 6.45) is 19.5. The molecule has 0 aliphatic heterocycles. The number of aliphatic carboxylic acids is 1. The van der Waals surface area contributed by atoms with Crippen molar-refractivity contribution in [2.75, 3.05) is 28.3 Å². The van der Waals surface area contributed by atoms with E-state index in [2.05, 4.69) is 20.8 Å². The van der Waals surface area contributed by atoms with Crippen molar-refractivity contribution >= 4 is 5.97 Å². The minimum atomic E-state index is -0.649. The molecule has 0 spiro atoms. The number of ether oxygens (including phenoxy) is 2. The quantitative estimate of drug-likeness (QED) is 0.136. The van der Waals surface area contributed by atoms with Crippen LogP contribution in [0.4, 0.5) is 0 Å². The molecule has 0 aromatic heterocycles. The van der Waals surface area contributed by atoms with E-state index in [0.29, 0.717) is 5.92 Å². The number of unbranched alkanes of at least 4 members (excludes halogenated alkanes) is 12. The molecule has 33 heavy (non-hydrogen) atoms. The molecular weight excluding hydrogens is 414 g/mol. The van der Waals surface area contributed by atoms with Gasteiger partial charge >= 0.3 is 5.97 Å². The van der Waals surface area contributed by atoms with Gasteiger partial charge in [0, 0.05) is 14.2 Å². The lowest BCUT2D eigenvalue weighted by Gasteiger charge is -2.30. The molecule has 0 aliphatic rings. The molecule has 5 nitrogen and oxygen atoms in total. The molecular formula is C28H59NO4. The summed E-state index contributed by atoms with van der Waals surface area (Å²) < 4.78 is 10.8. The fourth-order valence-electron chi connectivity index (χ4n) is 4.08. The zero-order valence-electron chi connectivity index (χ0n) is 23.5. The van der Waals surface area contributed by atoms with Crippen LogP contribution in [0.2, 0.25) is 0 Å². The van der Waals surface area contributed by atoms with Gasteiger partial charge in [0.05, 0.1) is 12.0 Å². The predicted molar refractivity (Wildman–Crippen MR) is 142 cm³/mol. The summed E-state index contributed by atoms with van der Waals surface area (Å²) in [4.78, 5) is 12.7. The second-order valence-corrected chi connectivity index (χ2v) is 10.3. The minimum Gasteiger partial charge on any atom is -0.481 e. The maximum atomic E-state index is 10.6. The minimum absolute atomic E-state index is 0.0485. The highest BCUT2D eigenvalue weighted by atomic mass is 16.5. The Morgan fingerprint density at radius 1 is 0.758 bits per heavy atom. The molecule has 200 valence electrons. The van der Waals surface area contributed by atoms with Gasteiger partial charge in [-0.15, -0.1) is 0 Å². The third kappa shape index (κ3) is 22.9. The van der Waals surface area contributed by atoms with Gasteiger partial charge in [0.2, 0.25) is 0 Å². The zero-order chi connectivity index (χ0) is 25.5. The van der Waals surface area contributed by atoms with Crippen molar-refractivity contribution in [1.82, 2.24) is 4.90 Å². The van der Waals surface area contributed by atoms with Gasteiger partial charge in [-0.1, -0.05) is 111 Å². The number of hydrogen-bond acceptors (Lipinski definition) is 4. The van der Waals surface area contributed by atoms with E-state index in [4.69, 9.17) is 14.6 Å². The monoisotopic (exact) mass is 473 g/mol. The van der Waals surface area contributed by atoms with E-state index < -0.39 is 5.97 Å². The van der Waals surface area contributed by atoms with Crippen molar-refractivity contribution < 1.29 is 19.4 Å². The normalized spacial score (nSPS) is 14.1. The maximum Gasteiger partial charge on any atom is 0.306 e. The topological polar surface area (TPSA) is 59.0 Å². The summed E-state index contributed by atoms with van der Waals surface area (Å²) in [6.45, 7) is 8.45. The summed E-state index contributed by atoms with van der Waals surface area (Å²) in [7, 11) is 7.46. The van der Waals surface area contributed by atoms with E-state index in [1.807, 2.05) is 25.9 Å². The van der Waals surface area contributed by atoms with Crippen LogP contribution < -0.4 is 0 Å². The SMILES string of the molecule is CCCCCCCCCCCCCCCC(C)C(=O)O.COC(CC(C)C)C(OC)N(C)C. The molecule has 0 aliphatic carbocycles. The second kappa shape index (κ2) is 24.5. The average Bonchev–Trinajstić information content (AvgIpc) is 2.76. The fourth-order valence-corrected chi connectivity index (χ4v) is 4.08. The summed E-state index contributed by atoms with van der Waals surface area (Å²) >= 11 is 0. The van der Waals surface area contributed by atoms with E-state index in [1.54, 1.807) is 14.2 Å². The Bertz CT molecular complexity index is 415. The Kier molecular flexibility index (Phi) is 25.6. The summed E-state index contributed by atoms with van der Waals surface area (Å²) in [5.74, 6) is -0.186. The van der Waals surface area contributed by atoms with Crippen molar-refractivity contribution in [1.29, 1.82) is 0 Å². The first kappa shape index (κ1) is 34.5. The van der Waals surface area contributed by atoms with Crippen LogP contribution in [-0.4, -0.2) is 56.6 Å². The van der Waals surface area contributed by atoms with Gasteiger partial charge < -0.3 is 14.6 Å². The molecule has 0 bridgehead atoms. The van der Waals surface area contributed by atoms with Gasteiger partial charge in [-0.2, -0.15) is 0 Å². The Labute approximate surface area is 207 Å². The number of carbonyl (C=O) groups is 1. The number of hydrogen-bond donors (Lipinski definition) is 1. The Morgan fingerprint density at radius 2 is 1.18 bits per heavy atom. The highest BCUT2D eigenvalue weighted by Crippen LogP contribution is 2.15. The van der Waals surface area contributed by atoms with E-state index in [9.17, 15) is 4.79 Å². The molecule has 0 heterocycles. The lowest BCUT2D eigenvalue weighted by Crippen LogP contribution is -2.42. The molecule has 0 rings (SSSR count). The van der Waals surface area contributed by atoms with Crippen molar-refractivity contribution in [3.8, 4) is 0 Å². The molecule has 0 aromatic carbocycles. The molecule has 0 fully saturated rings. The zero-order valence-corrected chi connectivity index (χ0v) is 23.5. The largest absolute Gasteiger partial charge is 0.481 e. The molecule has 3 atom stereocenters. The van der Waals surface area contributed by atoms with Crippen LogP contribution in [0.3, 0.4) is 0 Å². The number of carboxylic acid groups (broad SMARTS) is 1. The molecule has 0 saturated heterocycles. The Morgan fingerprint density at radius 3 is 1.48 bits per heavy atom. The number of likely N-dealkylation sites (N-methyl/N-ethyl adjacent to an activating group) is 1. The molecule has 5 heteroatoms. The van der Waals surface area contributed by atoms with E-state index >= 15 is 0 Å². The van der Waals surface area contributed by atoms with Crippen molar-refractivity contribution in [3.05, 3.63) is 0 Å².